The van der Waals surface area contributed by atoms with Crippen LogP contribution in [0.5, 0.6) is 0 Å². The summed E-state index contributed by atoms with van der Waals surface area (Å²) in [5.74, 6) is -1.42. The van der Waals surface area contributed by atoms with Gasteiger partial charge in [0.25, 0.3) is 0 Å². The number of esters is 2. The summed E-state index contributed by atoms with van der Waals surface area (Å²) < 4.78 is 13.3. The van der Waals surface area contributed by atoms with Gasteiger partial charge in [0.1, 0.15) is 0 Å². The quantitative estimate of drug-likeness (QED) is 0.0946. The Morgan fingerprint density at radius 3 is 0.703 bits per heavy atom. The highest BCUT2D eigenvalue weighted by Gasteiger charge is 2.77. The van der Waals surface area contributed by atoms with Crippen LogP contribution >= 0.6 is 6.89 Å². The van der Waals surface area contributed by atoms with Crippen molar-refractivity contribution in [3.63, 3.8) is 0 Å². The Morgan fingerprint density at radius 2 is 0.495 bits per heavy atom. The van der Waals surface area contributed by atoms with Gasteiger partial charge in [0.15, 0.2) is 0 Å². The van der Waals surface area contributed by atoms with Gasteiger partial charge in [-0.1, -0.05) is 97.1 Å². The molecule has 5 aliphatic carbocycles. The van der Waals surface area contributed by atoms with E-state index in [1.54, 1.807) is 68.1 Å². The van der Waals surface area contributed by atoms with Crippen molar-refractivity contribution in [3.05, 3.63) is 125 Å². The first-order chi connectivity index (χ1) is 45.1. The largest absolute Gasteiger partial charge is 0.469 e. The molecule has 2 spiro atoms. The molecule has 0 aliphatic heterocycles. The van der Waals surface area contributed by atoms with Crippen molar-refractivity contribution in [2.75, 3.05) is 14.2 Å². The molecule has 0 radical (unpaired) electrons. The maximum absolute atomic E-state index is 17.3. The Bertz CT molecular complexity index is 8470. The van der Waals surface area contributed by atoms with Crippen LogP contribution in [-0.4, -0.2) is 31.5 Å². The SMILES string of the molecule is COC(=O)C(C1=CC(C(=O)OC)C23c4c5c6c7c8c9c(c%10c%11c2c2c4c4c%12c5c5c6c6c8c8c%13c9c9c%10c%10c%11c%11c2c2c4c4c%12c%12c5c5c6c8c6c8c%13c9c9c%10c%10c%11c2c2c4c4c%12c5c6c5c8c9c%10c2c45)C173)=P(c1ccccc1)(c1ccccc1)c1ccccc1. The van der Waals surface area contributed by atoms with Gasteiger partial charge in [0.05, 0.1) is 36.3 Å². The number of ether oxygens (including phenoxy) is 2. The summed E-state index contributed by atoms with van der Waals surface area (Å²) in [6.07, 6.45) is 2.41. The fourth-order valence-corrected chi connectivity index (χ4v) is 33.2. The van der Waals surface area contributed by atoms with Crippen LogP contribution in [0.4, 0.5) is 0 Å². The molecular formula is C86H23O4P. The molecule has 0 saturated carbocycles. The molecule has 1 unspecified atom stereocenters. The summed E-state index contributed by atoms with van der Waals surface area (Å²) in [5, 5.41) is 84.3. The minimum absolute atomic E-state index is 0.237. The normalized spacial score (nSPS) is 20.8. The van der Waals surface area contributed by atoms with E-state index in [0.29, 0.717) is 5.29 Å². The highest BCUT2D eigenvalue weighted by molar-refractivity contribution is 7.96. The average molecular weight is 1150 g/mol. The van der Waals surface area contributed by atoms with Crippen molar-refractivity contribution in [1.82, 2.24) is 0 Å². The lowest BCUT2D eigenvalue weighted by molar-refractivity contribution is -0.145. The highest BCUT2D eigenvalue weighted by Crippen LogP contribution is 2.87. The van der Waals surface area contributed by atoms with Gasteiger partial charge in [0, 0.05) is 0 Å². The van der Waals surface area contributed by atoms with Gasteiger partial charge in [-0.25, -0.2) is 4.79 Å². The minimum Gasteiger partial charge on any atom is -0.469 e. The van der Waals surface area contributed by atoms with Gasteiger partial charge in [-0.2, -0.15) is 0 Å². The molecule has 31 aromatic rings. The molecule has 0 N–H and O–H groups in total. The smallest absolute Gasteiger partial charge is 0.339 e. The summed E-state index contributed by atoms with van der Waals surface area (Å²) >= 11 is 0. The summed E-state index contributed by atoms with van der Waals surface area (Å²) in [6.45, 7) is -3.36. The minimum atomic E-state index is -3.36. The van der Waals surface area contributed by atoms with Crippen molar-refractivity contribution >= 4 is 331 Å². The summed E-state index contributed by atoms with van der Waals surface area (Å²) in [5.41, 5.74) is 4.12. The zero-order chi connectivity index (χ0) is 56.3. The Labute approximate surface area is 502 Å². The van der Waals surface area contributed by atoms with Gasteiger partial charge in [-0.05, 0) is 341 Å². The molecule has 0 saturated heterocycles. The topological polar surface area (TPSA) is 52.6 Å². The molecule has 91 heavy (non-hydrogen) atoms. The third-order valence-corrected chi connectivity index (χ3v) is 33.8. The van der Waals surface area contributed by atoms with Crippen LogP contribution in [0.25, 0.3) is 291 Å². The zero-order valence-corrected chi connectivity index (χ0v) is 48.3. The van der Waals surface area contributed by atoms with Crippen LogP contribution in [0.2, 0.25) is 0 Å². The van der Waals surface area contributed by atoms with E-state index in [4.69, 9.17) is 9.47 Å². The van der Waals surface area contributed by atoms with E-state index in [1.807, 2.05) is 0 Å². The highest BCUT2D eigenvalue weighted by atomic mass is 31.2. The Balaban J connectivity index is 1.00. The molecule has 4 nitrogen and oxygen atoms in total. The van der Waals surface area contributed by atoms with Crippen molar-refractivity contribution in [1.29, 1.82) is 0 Å². The maximum atomic E-state index is 17.3. The average Bonchev–Trinajstić information content (AvgIpc) is 1.37. The Hall–Kier alpha value is -10.9. The number of carbonyl (C=O) groups excluding carboxylic acids is 2. The van der Waals surface area contributed by atoms with Gasteiger partial charge in [-0.15, -0.1) is 0 Å². The first-order valence-corrected chi connectivity index (χ1v) is 34.5. The first-order valence-electron chi connectivity index (χ1n) is 32.7. The predicted octanol–water partition coefficient (Wildman–Crippen LogP) is 19.4. The van der Waals surface area contributed by atoms with Crippen LogP contribution < -0.4 is 15.9 Å². The predicted molar refractivity (Wildman–Crippen MR) is 380 cm³/mol. The van der Waals surface area contributed by atoms with E-state index >= 15 is 9.59 Å². The lowest BCUT2D eigenvalue weighted by atomic mass is 9.46. The second-order valence-electron chi connectivity index (χ2n) is 30.4. The standard InChI is InChI=1S/C86H23O4P/c1-89-83(87)23-18-22(82(84(88)90-2)91(19-12-6-3-7-13-19,20-14-8-4-9-15-20)21-16-10-5-11-17-21)85-78-70-62-52-42-34-26-24-25-28-32-30(26)38-46-40(32)50-44-36(28)37-29(25)33-31-27(24)35(34)43-49-39(31)47-41(33)51-45(37)55-54(44)64-58(50)68-60(46)66(56(62)48(38)42)72(78)76(68)80-74(64)75-65(55)59(51)69-61(47)67-57(49)63(53(43)52)71(70)79(85)73(67)77(69)81(75)86(23,80)85/h3-18,23H,1-2H3. The van der Waals surface area contributed by atoms with Crippen molar-refractivity contribution < 1.29 is 19.1 Å². The molecule has 396 valence electrons. The lowest BCUT2D eigenvalue weighted by Crippen LogP contribution is -2.56. The number of carbonyl (C=O) groups is 2. The molecule has 36 rings (SSSR count). The third-order valence-electron chi connectivity index (χ3n) is 29.4. The van der Waals surface area contributed by atoms with Crippen molar-refractivity contribution in [2.45, 2.75) is 10.8 Å². The van der Waals surface area contributed by atoms with Crippen LogP contribution in [0.15, 0.2) is 103 Å². The zero-order valence-electron chi connectivity index (χ0n) is 47.4. The first kappa shape index (κ1) is 38.5. The van der Waals surface area contributed by atoms with E-state index in [2.05, 4.69) is 97.1 Å². The monoisotopic (exact) mass is 1150 g/mol. The summed E-state index contributed by atoms with van der Waals surface area (Å²) in [4.78, 5) is 34.3. The molecule has 1 atom stereocenters. The van der Waals surface area contributed by atoms with E-state index in [0.717, 1.165) is 21.5 Å². The molecule has 0 fully saturated rings. The second-order valence-corrected chi connectivity index (χ2v) is 33.7. The van der Waals surface area contributed by atoms with Crippen molar-refractivity contribution in [3.8, 4) is 0 Å². The van der Waals surface area contributed by atoms with Gasteiger partial charge < -0.3 is 9.47 Å². The Morgan fingerprint density at radius 1 is 0.286 bits per heavy atom. The molecular weight excluding hydrogens is 1130 g/mol. The summed E-state index contributed by atoms with van der Waals surface area (Å²) in [6, 6.07) is 33.0. The van der Waals surface area contributed by atoms with Crippen molar-refractivity contribution in [2.24, 2.45) is 5.92 Å². The number of rotatable bonds is 6. The number of hydrogen-bond acceptors (Lipinski definition) is 4. The van der Waals surface area contributed by atoms with Gasteiger partial charge in [0.2, 0.25) is 0 Å². The molecule has 0 bridgehead atoms. The molecule has 31 aromatic carbocycles. The second kappa shape index (κ2) is 9.69. The van der Waals surface area contributed by atoms with Gasteiger partial charge in [-0.3, -0.25) is 4.79 Å². The van der Waals surface area contributed by atoms with E-state index in [9.17, 15) is 0 Å². The molecule has 0 heterocycles. The van der Waals surface area contributed by atoms with Crippen LogP contribution in [-0.2, 0) is 29.9 Å². The third kappa shape index (κ3) is 2.41. The lowest BCUT2D eigenvalue weighted by Gasteiger charge is -2.54. The number of benzene rings is 21. The fraction of sp³-hybridized carbons (Fsp3) is 0.0581. The number of methoxy groups -OCH3 is 2. The molecule has 5 aliphatic rings. The molecule has 0 aromatic heterocycles. The Kier molecular flexibility index (Phi) is 4.10. The van der Waals surface area contributed by atoms with Gasteiger partial charge >= 0.3 is 11.9 Å². The number of hydrogen-bond donors (Lipinski definition) is 0. The van der Waals surface area contributed by atoms with Crippen LogP contribution in [0.3, 0.4) is 0 Å². The molecule has 5 heteroatoms. The van der Waals surface area contributed by atoms with Crippen LogP contribution in [0.1, 0.15) is 22.3 Å². The fourth-order valence-electron chi connectivity index (χ4n) is 28.7. The maximum Gasteiger partial charge on any atom is 0.339 e. The van der Waals surface area contributed by atoms with E-state index < -0.39 is 23.6 Å². The molecule has 0 amide bonds. The van der Waals surface area contributed by atoms with Crippen LogP contribution in [0, 0.1) is 5.92 Å². The van der Waals surface area contributed by atoms with E-state index in [1.165, 1.54) is 259 Å². The summed E-state index contributed by atoms with van der Waals surface area (Å²) in [7, 11) is 3.26. The van der Waals surface area contributed by atoms with E-state index in [-0.39, 0.29) is 11.9 Å².